The summed E-state index contributed by atoms with van der Waals surface area (Å²) in [5.41, 5.74) is 5.20. The molecule has 0 amide bonds. The molecule has 0 unspecified atom stereocenters. The van der Waals surface area contributed by atoms with Crippen molar-refractivity contribution < 1.29 is 8.42 Å². The lowest BCUT2D eigenvalue weighted by Gasteiger charge is -2.07. The first-order valence-corrected chi connectivity index (χ1v) is 6.36. The second-order valence-corrected chi connectivity index (χ2v) is 5.26. The summed E-state index contributed by atoms with van der Waals surface area (Å²) in [5, 5.41) is 0.218. The van der Waals surface area contributed by atoms with E-state index in [0.717, 1.165) is 0 Å². The minimum absolute atomic E-state index is 0. The molecular weight excluding hydrogens is 295 g/mol. The molecule has 0 spiro atoms. The molecular formula is C8H11Cl3N2O2S. The highest BCUT2D eigenvalue weighted by Gasteiger charge is 2.18. The van der Waals surface area contributed by atoms with Crippen molar-refractivity contribution in [2.24, 2.45) is 5.73 Å². The lowest BCUT2D eigenvalue weighted by atomic mass is 10.4. The van der Waals surface area contributed by atoms with Crippen molar-refractivity contribution in [2.75, 3.05) is 13.1 Å². The molecule has 0 fully saturated rings. The highest BCUT2D eigenvalue weighted by atomic mass is 35.5. The van der Waals surface area contributed by atoms with Gasteiger partial charge >= 0.3 is 0 Å². The van der Waals surface area contributed by atoms with Crippen molar-refractivity contribution in [3.8, 4) is 0 Å². The molecule has 3 N–H and O–H groups in total. The standard InChI is InChI=1S/C8H10Cl2N2O2S.ClH/c9-6-2-1-3-7(8(6)10)15(13,14)12-5-4-11;/h1-3,12H,4-5,11H2;1H. The largest absolute Gasteiger partial charge is 0.329 e. The molecule has 92 valence electrons. The zero-order chi connectivity index (χ0) is 11.5. The van der Waals surface area contributed by atoms with Crippen molar-refractivity contribution >= 4 is 45.6 Å². The summed E-state index contributed by atoms with van der Waals surface area (Å²) < 4.78 is 25.6. The summed E-state index contributed by atoms with van der Waals surface area (Å²) in [6.07, 6.45) is 0. The average molecular weight is 306 g/mol. The molecule has 0 aliphatic carbocycles. The number of rotatable bonds is 4. The molecule has 0 saturated heterocycles. The Balaban J connectivity index is 0.00000225. The Kier molecular flexibility index (Phi) is 6.62. The molecule has 0 aliphatic heterocycles. The molecule has 0 radical (unpaired) electrons. The van der Waals surface area contributed by atoms with E-state index in [4.69, 9.17) is 28.9 Å². The summed E-state index contributed by atoms with van der Waals surface area (Å²) in [6.45, 7) is 0.378. The Morgan fingerprint density at radius 2 is 1.94 bits per heavy atom. The molecule has 4 nitrogen and oxygen atoms in total. The van der Waals surface area contributed by atoms with Crippen LogP contribution in [-0.2, 0) is 10.0 Å². The van der Waals surface area contributed by atoms with Crippen LogP contribution in [0.2, 0.25) is 10.0 Å². The number of nitrogens with two attached hydrogens (primary N) is 1. The fraction of sp³-hybridized carbons (Fsp3) is 0.250. The van der Waals surface area contributed by atoms with E-state index in [-0.39, 0.29) is 40.4 Å². The van der Waals surface area contributed by atoms with Gasteiger partial charge in [-0.3, -0.25) is 0 Å². The molecule has 8 heteroatoms. The van der Waals surface area contributed by atoms with Gasteiger partial charge in [0.05, 0.1) is 10.0 Å². The maximum absolute atomic E-state index is 11.7. The van der Waals surface area contributed by atoms with Crippen LogP contribution in [0.5, 0.6) is 0 Å². The van der Waals surface area contributed by atoms with Gasteiger partial charge in [0.25, 0.3) is 0 Å². The number of nitrogens with one attached hydrogen (secondary N) is 1. The summed E-state index contributed by atoms with van der Waals surface area (Å²) in [7, 11) is -3.62. The normalized spacial score (nSPS) is 10.9. The third kappa shape index (κ3) is 3.76. The van der Waals surface area contributed by atoms with Gasteiger partial charge in [0.15, 0.2) is 0 Å². The Hall–Kier alpha value is -0.0400. The lowest BCUT2D eigenvalue weighted by Crippen LogP contribution is -2.29. The molecule has 0 bridgehead atoms. The summed E-state index contributed by atoms with van der Waals surface area (Å²) in [6, 6.07) is 4.42. The highest BCUT2D eigenvalue weighted by molar-refractivity contribution is 7.89. The minimum Gasteiger partial charge on any atom is -0.329 e. The molecule has 1 rings (SSSR count). The first kappa shape index (κ1) is 16.0. The van der Waals surface area contributed by atoms with Crippen LogP contribution >= 0.6 is 35.6 Å². The van der Waals surface area contributed by atoms with E-state index < -0.39 is 10.0 Å². The monoisotopic (exact) mass is 304 g/mol. The van der Waals surface area contributed by atoms with Crippen molar-refractivity contribution in [1.29, 1.82) is 0 Å². The summed E-state index contributed by atoms with van der Waals surface area (Å²) in [5.74, 6) is 0. The van der Waals surface area contributed by atoms with Crippen molar-refractivity contribution in [3.05, 3.63) is 28.2 Å². The van der Waals surface area contributed by atoms with Gasteiger partial charge in [-0.25, -0.2) is 13.1 Å². The fourth-order valence-corrected chi connectivity index (χ4v) is 2.77. The predicted octanol–water partition coefficient (Wildman–Crippen LogP) is 1.65. The van der Waals surface area contributed by atoms with Crippen molar-refractivity contribution in [3.63, 3.8) is 0 Å². The van der Waals surface area contributed by atoms with Gasteiger partial charge < -0.3 is 5.73 Å². The Bertz CT molecular complexity index is 451. The molecule has 0 aliphatic rings. The summed E-state index contributed by atoms with van der Waals surface area (Å²) >= 11 is 11.5. The van der Waals surface area contributed by atoms with Crippen molar-refractivity contribution in [2.45, 2.75) is 4.90 Å². The van der Waals surface area contributed by atoms with E-state index >= 15 is 0 Å². The molecule has 0 heterocycles. The van der Waals surface area contributed by atoms with Crippen LogP contribution in [0.15, 0.2) is 23.1 Å². The van der Waals surface area contributed by atoms with Crippen LogP contribution in [0.25, 0.3) is 0 Å². The van der Waals surface area contributed by atoms with Crippen LogP contribution in [-0.4, -0.2) is 21.5 Å². The molecule has 1 aromatic rings. The van der Waals surface area contributed by atoms with Crippen LogP contribution < -0.4 is 10.5 Å². The maximum atomic E-state index is 11.7. The van der Waals surface area contributed by atoms with Gasteiger partial charge in [0, 0.05) is 13.1 Å². The predicted molar refractivity (Wildman–Crippen MR) is 68.0 cm³/mol. The molecule has 0 aromatic heterocycles. The quantitative estimate of drug-likeness (QED) is 0.888. The molecule has 0 atom stereocenters. The number of benzene rings is 1. The molecule has 16 heavy (non-hydrogen) atoms. The van der Waals surface area contributed by atoms with Crippen LogP contribution in [0.1, 0.15) is 0 Å². The Morgan fingerprint density at radius 1 is 1.31 bits per heavy atom. The van der Waals surface area contributed by atoms with E-state index in [9.17, 15) is 8.42 Å². The van der Waals surface area contributed by atoms with Gasteiger partial charge in [-0.2, -0.15) is 0 Å². The number of hydrogen-bond donors (Lipinski definition) is 2. The van der Waals surface area contributed by atoms with Crippen LogP contribution in [0.4, 0.5) is 0 Å². The second kappa shape index (κ2) is 6.64. The second-order valence-electron chi connectivity index (χ2n) is 2.74. The summed E-state index contributed by atoms with van der Waals surface area (Å²) in [4.78, 5) is -0.0369. The Labute approximate surface area is 111 Å². The average Bonchev–Trinajstić information content (AvgIpc) is 2.19. The number of sulfonamides is 1. The third-order valence-electron chi connectivity index (χ3n) is 1.64. The van der Waals surface area contributed by atoms with Gasteiger partial charge in [-0.05, 0) is 12.1 Å². The van der Waals surface area contributed by atoms with Crippen molar-refractivity contribution in [1.82, 2.24) is 4.72 Å². The lowest BCUT2D eigenvalue weighted by molar-refractivity contribution is 0.582. The zero-order valence-electron chi connectivity index (χ0n) is 8.11. The zero-order valence-corrected chi connectivity index (χ0v) is 11.3. The maximum Gasteiger partial charge on any atom is 0.242 e. The van der Waals surface area contributed by atoms with E-state index in [1.807, 2.05) is 0 Å². The van der Waals surface area contributed by atoms with Crippen LogP contribution in [0.3, 0.4) is 0 Å². The van der Waals surface area contributed by atoms with E-state index in [0.29, 0.717) is 0 Å². The van der Waals surface area contributed by atoms with Gasteiger partial charge in [-0.15, -0.1) is 12.4 Å². The first-order valence-electron chi connectivity index (χ1n) is 4.13. The van der Waals surface area contributed by atoms with E-state index in [1.165, 1.54) is 18.2 Å². The first-order chi connectivity index (χ1) is 6.99. The fourth-order valence-electron chi connectivity index (χ4n) is 0.963. The highest BCUT2D eigenvalue weighted by Crippen LogP contribution is 2.28. The minimum atomic E-state index is -3.62. The topological polar surface area (TPSA) is 72.2 Å². The number of halogens is 3. The SMILES string of the molecule is Cl.NCCNS(=O)(=O)c1cccc(Cl)c1Cl. The number of hydrogen-bond acceptors (Lipinski definition) is 3. The molecule has 0 saturated carbocycles. The molecule has 1 aromatic carbocycles. The Morgan fingerprint density at radius 3 is 2.50 bits per heavy atom. The van der Waals surface area contributed by atoms with Gasteiger partial charge in [0.1, 0.15) is 4.90 Å². The van der Waals surface area contributed by atoms with Gasteiger partial charge in [-0.1, -0.05) is 29.3 Å². The van der Waals surface area contributed by atoms with Crippen LogP contribution in [0, 0.1) is 0 Å². The smallest absolute Gasteiger partial charge is 0.242 e. The van der Waals surface area contributed by atoms with E-state index in [2.05, 4.69) is 4.72 Å². The van der Waals surface area contributed by atoms with Gasteiger partial charge in [0.2, 0.25) is 10.0 Å². The van der Waals surface area contributed by atoms with E-state index in [1.54, 1.807) is 0 Å². The third-order valence-corrected chi connectivity index (χ3v) is 4.08.